The third-order valence-corrected chi connectivity index (χ3v) is 3.40. The maximum absolute atomic E-state index is 11.9. The van der Waals surface area contributed by atoms with Crippen LogP contribution in [-0.2, 0) is 9.53 Å². The summed E-state index contributed by atoms with van der Waals surface area (Å²) in [7, 11) is 3.33. The van der Waals surface area contributed by atoms with Gasteiger partial charge in [0.05, 0.1) is 19.1 Å². The summed E-state index contributed by atoms with van der Waals surface area (Å²) >= 11 is 5.80. The minimum Gasteiger partial charge on any atom is -0.494 e. The summed E-state index contributed by atoms with van der Waals surface area (Å²) in [6.07, 6.45) is 0.845. The van der Waals surface area contributed by atoms with Gasteiger partial charge in [0.2, 0.25) is 5.91 Å². The summed E-state index contributed by atoms with van der Waals surface area (Å²) in [5, 5.41) is 0.681. The normalized spacial score (nSPS) is 11.5. The quantitative estimate of drug-likeness (QED) is 0.694. The van der Waals surface area contributed by atoms with Gasteiger partial charge in [-0.1, -0.05) is 11.6 Å². The zero-order chi connectivity index (χ0) is 15.7. The molecule has 1 atom stereocenters. The second kappa shape index (κ2) is 11.5. The first-order chi connectivity index (χ1) is 10.1. The van der Waals surface area contributed by atoms with Crippen LogP contribution in [0, 0.1) is 0 Å². The number of nitrogens with two attached hydrogens (primary N) is 1. The van der Waals surface area contributed by atoms with Gasteiger partial charge in [0.15, 0.2) is 0 Å². The molecular formula is C15H24Cl2N2O3. The van der Waals surface area contributed by atoms with Crippen molar-refractivity contribution in [3.63, 3.8) is 0 Å². The van der Waals surface area contributed by atoms with Crippen molar-refractivity contribution in [2.24, 2.45) is 5.73 Å². The topological polar surface area (TPSA) is 64.8 Å². The van der Waals surface area contributed by atoms with E-state index in [1.165, 1.54) is 0 Å². The first-order valence-electron chi connectivity index (χ1n) is 6.92. The Bertz CT molecular complexity index is 425. The Labute approximate surface area is 143 Å². The molecule has 1 aromatic rings. The van der Waals surface area contributed by atoms with Crippen molar-refractivity contribution in [1.82, 2.24) is 4.90 Å². The first-order valence-corrected chi connectivity index (χ1v) is 7.29. The average molecular weight is 351 g/mol. The number of amides is 1. The molecule has 0 fully saturated rings. The maximum Gasteiger partial charge on any atom is 0.224 e. The van der Waals surface area contributed by atoms with E-state index in [0.717, 1.165) is 12.2 Å². The Balaban J connectivity index is 0.00000441. The number of rotatable bonds is 9. The van der Waals surface area contributed by atoms with Crippen LogP contribution in [-0.4, -0.2) is 50.8 Å². The van der Waals surface area contributed by atoms with Gasteiger partial charge in [-0.3, -0.25) is 4.79 Å². The molecule has 0 aliphatic rings. The van der Waals surface area contributed by atoms with E-state index in [0.29, 0.717) is 31.1 Å². The van der Waals surface area contributed by atoms with Gasteiger partial charge in [0.25, 0.3) is 0 Å². The molecule has 0 spiro atoms. The Hall–Kier alpha value is -1.01. The van der Waals surface area contributed by atoms with Crippen LogP contribution in [0.4, 0.5) is 0 Å². The van der Waals surface area contributed by atoms with Crippen LogP contribution in [0.2, 0.25) is 5.02 Å². The van der Waals surface area contributed by atoms with Gasteiger partial charge >= 0.3 is 0 Å². The zero-order valence-corrected chi connectivity index (χ0v) is 14.5. The molecule has 2 N–H and O–H groups in total. The summed E-state index contributed by atoms with van der Waals surface area (Å²) in [6.45, 7) is 1.52. The third kappa shape index (κ3) is 7.84. The predicted molar refractivity (Wildman–Crippen MR) is 90.9 cm³/mol. The minimum absolute atomic E-state index is 0. The molecule has 0 aliphatic heterocycles. The van der Waals surface area contributed by atoms with Gasteiger partial charge in [-0.25, -0.2) is 0 Å². The number of hydrogen-bond acceptors (Lipinski definition) is 4. The zero-order valence-electron chi connectivity index (χ0n) is 13.0. The van der Waals surface area contributed by atoms with Gasteiger partial charge in [-0.05, 0) is 30.7 Å². The van der Waals surface area contributed by atoms with Crippen LogP contribution in [0.5, 0.6) is 5.75 Å². The molecule has 0 saturated carbocycles. The minimum atomic E-state index is -0.217. The molecule has 0 bridgehead atoms. The Morgan fingerprint density at radius 3 is 2.55 bits per heavy atom. The van der Waals surface area contributed by atoms with Crippen LogP contribution in [0.3, 0.4) is 0 Å². The summed E-state index contributed by atoms with van der Waals surface area (Å²) in [5.74, 6) is 0.801. The average Bonchev–Trinajstić information content (AvgIpc) is 2.50. The third-order valence-electron chi connectivity index (χ3n) is 3.14. The number of carbonyl (C=O) groups is 1. The molecule has 22 heavy (non-hydrogen) atoms. The van der Waals surface area contributed by atoms with E-state index in [9.17, 15) is 4.79 Å². The molecule has 7 heteroatoms. The van der Waals surface area contributed by atoms with Gasteiger partial charge < -0.3 is 20.1 Å². The van der Waals surface area contributed by atoms with Crippen molar-refractivity contribution in [3.05, 3.63) is 29.3 Å². The SMILES string of the molecule is COC(CN)CC(=O)N(C)CCCOc1ccc(Cl)cc1.Cl. The van der Waals surface area contributed by atoms with E-state index < -0.39 is 0 Å². The van der Waals surface area contributed by atoms with Gasteiger partial charge in [0.1, 0.15) is 5.75 Å². The van der Waals surface area contributed by atoms with Crippen molar-refractivity contribution in [3.8, 4) is 5.75 Å². The number of methoxy groups -OCH3 is 1. The highest BCUT2D eigenvalue weighted by Gasteiger charge is 2.14. The standard InChI is InChI=1S/C15H23ClN2O3.ClH/c1-18(15(19)10-14(11-17)20-2)8-3-9-21-13-6-4-12(16)5-7-13;/h4-7,14H,3,8-11,17H2,1-2H3;1H. The molecule has 1 unspecified atom stereocenters. The largest absolute Gasteiger partial charge is 0.494 e. The van der Waals surface area contributed by atoms with E-state index in [1.54, 1.807) is 31.2 Å². The highest BCUT2D eigenvalue weighted by Crippen LogP contribution is 2.15. The number of halogens is 2. The highest BCUT2D eigenvalue weighted by molar-refractivity contribution is 6.30. The monoisotopic (exact) mass is 350 g/mol. The molecule has 1 amide bonds. The lowest BCUT2D eigenvalue weighted by Gasteiger charge is -2.20. The number of hydrogen-bond donors (Lipinski definition) is 1. The lowest BCUT2D eigenvalue weighted by molar-refractivity contribution is -0.132. The molecule has 126 valence electrons. The van der Waals surface area contributed by atoms with Gasteiger partial charge in [-0.2, -0.15) is 0 Å². The molecular weight excluding hydrogens is 327 g/mol. The van der Waals surface area contributed by atoms with Crippen LogP contribution in [0.1, 0.15) is 12.8 Å². The van der Waals surface area contributed by atoms with Crippen molar-refractivity contribution >= 4 is 29.9 Å². The van der Waals surface area contributed by atoms with E-state index >= 15 is 0 Å². The van der Waals surface area contributed by atoms with E-state index in [-0.39, 0.29) is 24.4 Å². The molecule has 0 heterocycles. The van der Waals surface area contributed by atoms with Crippen molar-refractivity contribution < 1.29 is 14.3 Å². The first kappa shape index (κ1) is 21.0. The lowest BCUT2D eigenvalue weighted by Crippen LogP contribution is -2.34. The molecule has 0 aliphatic carbocycles. The summed E-state index contributed by atoms with van der Waals surface area (Å²) in [4.78, 5) is 13.6. The summed E-state index contributed by atoms with van der Waals surface area (Å²) in [5.41, 5.74) is 5.50. The number of nitrogens with zero attached hydrogens (tertiary/aromatic N) is 1. The van der Waals surface area contributed by atoms with E-state index in [2.05, 4.69) is 0 Å². The fourth-order valence-electron chi connectivity index (χ4n) is 1.76. The molecule has 1 aromatic carbocycles. The maximum atomic E-state index is 11.9. The lowest BCUT2D eigenvalue weighted by atomic mass is 10.2. The van der Waals surface area contributed by atoms with E-state index in [4.69, 9.17) is 26.8 Å². The van der Waals surface area contributed by atoms with Crippen molar-refractivity contribution in [2.45, 2.75) is 18.9 Å². The summed E-state index contributed by atoms with van der Waals surface area (Å²) < 4.78 is 10.7. The van der Waals surface area contributed by atoms with E-state index in [1.807, 2.05) is 12.1 Å². The van der Waals surface area contributed by atoms with Crippen LogP contribution in [0.15, 0.2) is 24.3 Å². The van der Waals surface area contributed by atoms with Crippen molar-refractivity contribution in [2.75, 3.05) is 33.9 Å². The number of ether oxygens (including phenoxy) is 2. The fraction of sp³-hybridized carbons (Fsp3) is 0.533. The van der Waals surface area contributed by atoms with Crippen LogP contribution >= 0.6 is 24.0 Å². The molecule has 0 aromatic heterocycles. The Morgan fingerprint density at radius 2 is 2.00 bits per heavy atom. The number of carbonyl (C=O) groups excluding carboxylic acids is 1. The smallest absolute Gasteiger partial charge is 0.224 e. The molecule has 0 saturated heterocycles. The molecule has 0 radical (unpaired) electrons. The highest BCUT2D eigenvalue weighted by atomic mass is 35.5. The second-order valence-electron chi connectivity index (χ2n) is 4.77. The Morgan fingerprint density at radius 1 is 1.36 bits per heavy atom. The summed E-state index contributed by atoms with van der Waals surface area (Å²) in [6, 6.07) is 7.21. The molecule has 1 rings (SSSR count). The van der Waals surface area contributed by atoms with Crippen LogP contribution in [0.25, 0.3) is 0 Å². The van der Waals surface area contributed by atoms with Crippen molar-refractivity contribution in [1.29, 1.82) is 0 Å². The second-order valence-corrected chi connectivity index (χ2v) is 5.21. The fourth-order valence-corrected chi connectivity index (χ4v) is 1.89. The van der Waals surface area contributed by atoms with Crippen LogP contribution < -0.4 is 10.5 Å². The molecule has 5 nitrogen and oxygen atoms in total. The van der Waals surface area contributed by atoms with Gasteiger partial charge in [0, 0.05) is 32.3 Å². The Kier molecular flexibility index (Phi) is 11.0. The predicted octanol–water partition coefficient (Wildman–Crippen LogP) is 2.35. The number of benzene rings is 1. The van der Waals surface area contributed by atoms with Gasteiger partial charge in [-0.15, -0.1) is 12.4 Å².